The van der Waals surface area contributed by atoms with E-state index in [1.165, 1.54) is 19.3 Å². The number of nitrogens with two attached hydrogens (primary N) is 2. The Kier molecular flexibility index (Phi) is 3.17. The topological polar surface area (TPSA) is 121 Å². The zero-order chi connectivity index (χ0) is 11.4. The summed E-state index contributed by atoms with van der Waals surface area (Å²) < 4.78 is 4.68. The Morgan fingerprint density at radius 1 is 1.40 bits per heavy atom. The van der Waals surface area contributed by atoms with Gasteiger partial charge in [0.1, 0.15) is 0 Å². The number of hydrogen-bond acceptors (Lipinski definition) is 6. The predicted molar refractivity (Wildman–Crippen MR) is 50.5 cm³/mol. The molecule has 0 aliphatic carbocycles. The maximum atomic E-state index is 11.4. The molecule has 1 unspecified atom stereocenters. The third-order valence-corrected chi connectivity index (χ3v) is 1.60. The molecule has 0 spiro atoms. The van der Waals surface area contributed by atoms with E-state index >= 15 is 0 Å². The summed E-state index contributed by atoms with van der Waals surface area (Å²) in [5, 5.41) is 0. The Labute approximate surface area is 85.4 Å². The van der Waals surface area contributed by atoms with Crippen LogP contribution in [0.2, 0.25) is 0 Å². The van der Waals surface area contributed by atoms with Crippen molar-refractivity contribution in [1.82, 2.24) is 9.97 Å². The maximum absolute atomic E-state index is 11.4. The first-order valence-corrected chi connectivity index (χ1v) is 4.09. The van der Waals surface area contributed by atoms with E-state index < -0.39 is 18.0 Å². The molecule has 0 aliphatic heterocycles. The standard InChI is InChI=1S/C8H10N4O3/c1-4(7(10)13)15-8(14)5-6(9)12-3-2-11-5/h2-4H,1H3,(H2,9,12)(H2,10,13). The van der Waals surface area contributed by atoms with E-state index in [4.69, 9.17) is 11.5 Å². The van der Waals surface area contributed by atoms with Gasteiger partial charge in [-0.15, -0.1) is 0 Å². The van der Waals surface area contributed by atoms with Crippen LogP contribution in [0.1, 0.15) is 17.4 Å². The van der Waals surface area contributed by atoms with Gasteiger partial charge in [-0.2, -0.15) is 0 Å². The zero-order valence-electron chi connectivity index (χ0n) is 8.01. The summed E-state index contributed by atoms with van der Waals surface area (Å²) in [4.78, 5) is 29.3. The third-order valence-electron chi connectivity index (χ3n) is 1.60. The molecule has 0 aliphatic rings. The van der Waals surface area contributed by atoms with Gasteiger partial charge < -0.3 is 16.2 Å². The van der Waals surface area contributed by atoms with E-state index in [1.807, 2.05) is 0 Å². The number of rotatable bonds is 3. The van der Waals surface area contributed by atoms with Gasteiger partial charge in [-0.3, -0.25) is 4.79 Å². The molecule has 1 heterocycles. The Morgan fingerprint density at radius 2 is 2.00 bits per heavy atom. The van der Waals surface area contributed by atoms with Gasteiger partial charge in [0.05, 0.1) is 0 Å². The van der Waals surface area contributed by atoms with Gasteiger partial charge in [-0.05, 0) is 6.92 Å². The van der Waals surface area contributed by atoms with Gasteiger partial charge in [0.25, 0.3) is 5.91 Å². The van der Waals surface area contributed by atoms with Crippen LogP contribution in [0.15, 0.2) is 12.4 Å². The summed E-state index contributed by atoms with van der Waals surface area (Å²) in [5.41, 5.74) is 10.2. The minimum absolute atomic E-state index is 0.0563. The van der Waals surface area contributed by atoms with E-state index in [-0.39, 0.29) is 11.5 Å². The number of ether oxygens (including phenoxy) is 1. The third kappa shape index (κ3) is 2.63. The number of esters is 1. The number of carbonyl (C=O) groups excluding carboxylic acids is 2. The number of aromatic nitrogens is 2. The number of amides is 1. The molecule has 1 atom stereocenters. The van der Waals surface area contributed by atoms with Gasteiger partial charge in [0.15, 0.2) is 17.6 Å². The summed E-state index contributed by atoms with van der Waals surface area (Å²) in [5.74, 6) is -1.63. The second-order valence-corrected chi connectivity index (χ2v) is 2.74. The first kappa shape index (κ1) is 10.9. The Hall–Kier alpha value is -2.18. The number of nitrogens with zero attached hydrogens (tertiary/aromatic N) is 2. The van der Waals surface area contributed by atoms with Crippen molar-refractivity contribution in [1.29, 1.82) is 0 Å². The molecule has 0 fully saturated rings. The van der Waals surface area contributed by atoms with Crippen molar-refractivity contribution in [2.45, 2.75) is 13.0 Å². The molecule has 7 heteroatoms. The lowest BCUT2D eigenvalue weighted by Crippen LogP contribution is -2.31. The monoisotopic (exact) mass is 210 g/mol. The molecular formula is C8H10N4O3. The van der Waals surface area contributed by atoms with Crippen molar-refractivity contribution in [2.75, 3.05) is 5.73 Å². The molecule has 0 saturated heterocycles. The highest BCUT2D eigenvalue weighted by Gasteiger charge is 2.19. The number of nitrogen functional groups attached to an aromatic ring is 1. The molecule has 80 valence electrons. The fourth-order valence-electron chi connectivity index (χ4n) is 0.781. The zero-order valence-corrected chi connectivity index (χ0v) is 8.01. The average Bonchev–Trinajstić information content (AvgIpc) is 2.18. The van der Waals surface area contributed by atoms with E-state index in [1.54, 1.807) is 0 Å². The first-order chi connectivity index (χ1) is 7.02. The van der Waals surface area contributed by atoms with Crippen molar-refractivity contribution >= 4 is 17.7 Å². The number of primary amides is 1. The van der Waals surface area contributed by atoms with Crippen LogP contribution >= 0.6 is 0 Å². The predicted octanol–water partition coefficient (Wildman–Crippen LogP) is -0.911. The van der Waals surface area contributed by atoms with Gasteiger partial charge in [0, 0.05) is 12.4 Å². The molecule has 1 rings (SSSR count). The SMILES string of the molecule is CC(OC(=O)c1nccnc1N)C(N)=O. The van der Waals surface area contributed by atoms with Crippen LogP contribution in [0.5, 0.6) is 0 Å². The summed E-state index contributed by atoms with van der Waals surface area (Å²) in [6, 6.07) is 0. The van der Waals surface area contributed by atoms with Crippen LogP contribution in [-0.4, -0.2) is 27.9 Å². The van der Waals surface area contributed by atoms with E-state index in [2.05, 4.69) is 14.7 Å². The highest BCUT2D eigenvalue weighted by molar-refractivity contribution is 5.93. The molecule has 0 bridgehead atoms. The summed E-state index contributed by atoms with van der Waals surface area (Å²) in [6.45, 7) is 1.35. The molecule has 4 N–H and O–H groups in total. The van der Waals surface area contributed by atoms with Gasteiger partial charge in [-0.25, -0.2) is 14.8 Å². The summed E-state index contributed by atoms with van der Waals surface area (Å²) >= 11 is 0. The average molecular weight is 210 g/mol. The normalized spacial score (nSPS) is 11.8. The fourth-order valence-corrected chi connectivity index (χ4v) is 0.781. The highest BCUT2D eigenvalue weighted by Crippen LogP contribution is 2.06. The lowest BCUT2D eigenvalue weighted by molar-refractivity contribution is -0.125. The van der Waals surface area contributed by atoms with Gasteiger partial charge >= 0.3 is 5.97 Å². The summed E-state index contributed by atoms with van der Waals surface area (Å²) in [7, 11) is 0. The van der Waals surface area contributed by atoms with Crippen molar-refractivity contribution in [3.05, 3.63) is 18.1 Å². The summed E-state index contributed by atoms with van der Waals surface area (Å²) in [6.07, 6.45) is 1.60. The van der Waals surface area contributed by atoms with Crippen LogP contribution in [-0.2, 0) is 9.53 Å². The Bertz CT molecular complexity index is 393. The smallest absolute Gasteiger partial charge is 0.361 e. The largest absolute Gasteiger partial charge is 0.448 e. The van der Waals surface area contributed by atoms with E-state index in [0.717, 1.165) is 0 Å². The number of hydrogen-bond donors (Lipinski definition) is 2. The molecule has 1 aromatic heterocycles. The van der Waals surface area contributed by atoms with E-state index in [9.17, 15) is 9.59 Å². The minimum atomic E-state index is -1.03. The molecule has 0 aromatic carbocycles. The van der Waals surface area contributed by atoms with Crippen molar-refractivity contribution in [3.8, 4) is 0 Å². The lowest BCUT2D eigenvalue weighted by atomic mass is 10.3. The Morgan fingerprint density at radius 3 is 2.53 bits per heavy atom. The van der Waals surface area contributed by atoms with Crippen molar-refractivity contribution < 1.29 is 14.3 Å². The quantitative estimate of drug-likeness (QED) is 0.623. The van der Waals surface area contributed by atoms with Crippen molar-refractivity contribution in [3.63, 3.8) is 0 Å². The molecule has 0 radical (unpaired) electrons. The number of carbonyl (C=O) groups is 2. The number of anilines is 1. The van der Waals surface area contributed by atoms with Crippen LogP contribution in [0.25, 0.3) is 0 Å². The molecule has 1 aromatic rings. The Balaban J connectivity index is 2.78. The van der Waals surface area contributed by atoms with Crippen molar-refractivity contribution in [2.24, 2.45) is 5.73 Å². The fraction of sp³-hybridized carbons (Fsp3) is 0.250. The van der Waals surface area contributed by atoms with E-state index in [0.29, 0.717) is 0 Å². The minimum Gasteiger partial charge on any atom is -0.448 e. The molecule has 7 nitrogen and oxygen atoms in total. The second-order valence-electron chi connectivity index (χ2n) is 2.74. The van der Waals surface area contributed by atoms with Crippen LogP contribution in [0, 0.1) is 0 Å². The van der Waals surface area contributed by atoms with Gasteiger partial charge in [0.2, 0.25) is 0 Å². The maximum Gasteiger partial charge on any atom is 0.361 e. The van der Waals surface area contributed by atoms with Crippen LogP contribution < -0.4 is 11.5 Å². The highest BCUT2D eigenvalue weighted by atomic mass is 16.5. The molecule has 15 heavy (non-hydrogen) atoms. The molecule has 1 amide bonds. The van der Waals surface area contributed by atoms with Gasteiger partial charge in [-0.1, -0.05) is 0 Å². The first-order valence-electron chi connectivity index (χ1n) is 4.09. The lowest BCUT2D eigenvalue weighted by Gasteiger charge is -2.09. The van der Waals surface area contributed by atoms with Crippen LogP contribution in [0.4, 0.5) is 5.82 Å². The van der Waals surface area contributed by atoms with Crippen LogP contribution in [0.3, 0.4) is 0 Å². The molecular weight excluding hydrogens is 200 g/mol. The second kappa shape index (κ2) is 4.36. The molecule has 0 saturated carbocycles.